The Balaban J connectivity index is 1.58. The van der Waals surface area contributed by atoms with E-state index in [0.29, 0.717) is 35.4 Å². The summed E-state index contributed by atoms with van der Waals surface area (Å²) in [6.45, 7) is 2.67. The third-order valence-corrected chi connectivity index (χ3v) is 4.84. The van der Waals surface area contributed by atoms with Gasteiger partial charge in [-0.15, -0.1) is 0 Å². The molecular formula is C24H19ClF2N2O2. The maximum atomic E-state index is 13.9. The van der Waals surface area contributed by atoms with E-state index in [0.717, 1.165) is 22.5 Å². The number of halogens is 3. The first-order chi connectivity index (χ1) is 15.0. The zero-order chi connectivity index (χ0) is 21.8. The summed E-state index contributed by atoms with van der Waals surface area (Å²) in [5.74, 6) is 0.465. The number of nitrogens with one attached hydrogen (secondary N) is 1. The summed E-state index contributed by atoms with van der Waals surface area (Å²) in [6.07, 6.45) is 1.66. The molecule has 31 heavy (non-hydrogen) atoms. The zero-order valence-electron chi connectivity index (χ0n) is 16.7. The molecule has 0 atom stereocenters. The van der Waals surface area contributed by atoms with E-state index < -0.39 is 11.6 Å². The van der Waals surface area contributed by atoms with Gasteiger partial charge in [0, 0.05) is 29.2 Å². The minimum absolute atomic E-state index is 0.224. The molecule has 0 bridgehead atoms. The van der Waals surface area contributed by atoms with E-state index in [-0.39, 0.29) is 5.69 Å². The van der Waals surface area contributed by atoms with Crippen molar-refractivity contribution in [2.75, 3.05) is 11.9 Å². The van der Waals surface area contributed by atoms with E-state index in [1.54, 1.807) is 30.5 Å². The van der Waals surface area contributed by atoms with Gasteiger partial charge in [0.1, 0.15) is 17.4 Å². The second-order valence-electron chi connectivity index (χ2n) is 6.76. The van der Waals surface area contributed by atoms with Crippen molar-refractivity contribution < 1.29 is 18.3 Å². The number of hydrogen-bond acceptors (Lipinski definition) is 4. The number of nitrogens with zero attached hydrogens (tertiary/aromatic N) is 1. The van der Waals surface area contributed by atoms with Crippen LogP contribution in [0.5, 0.6) is 17.2 Å². The molecule has 4 rings (SSSR count). The summed E-state index contributed by atoms with van der Waals surface area (Å²) < 4.78 is 38.8. The van der Waals surface area contributed by atoms with Crippen molar-refractivity contribution in [1.29, 1.82) is 0 Å². The molecule has 4 nitrogen and oxygen atoms in total. The first kappa shape index (κ1) is 20.9. The number of anilines is 1. The van der Waals surface area contributed by atoms with Crippen LogP contribution in [0.1, 0.15) is 12.5 Å². The van der Waals surface area contributed by atoms with E-state index in [1.807, 2.05) is 25.1 Å². The van der Waals surface area contributed by atoms with Gasteiger partial charge in [0.05, 0.1) is 17.8 Å². The van der Waals surface area contributed by atoms with Gasteiger partial charge in [-0.3, -0.25) is 4.98 Å². The molecule has 0 aliphatic rings. The second-order valence-corrected chi connectivity index (χ2v) is 7.20. The van der Waals surface area contributed by atoms with E-state index in [1.165, 1.54) is 12.1 Å². The molecule has 0 fully saturated rings. The first-order valence-corrected chi connectivity index (χ1v) is 10.1. The highest BCUT2D eigenvalue weighted by Crippen LogP contribution is 2.36. The van der Waals surface area contributed by atoms with Crippen LogP contribution in [0, 0.1) is 11.6 Å². The van der Waals surface area contributed by atoms with Crippen molar-refractivity contribution in [3.05, 3.63) is 89.1 Å². The summed E-state index contributed by atoms with van der Waals surface area (Å²) in [4.78, 5) is 4.32. The Hall–Kier alpha value is -3.38. The van der Waals surface area contributed by atoms with Crippen molar-refractivity contribution in [3.8, 4) is 17.2 Å². The van der Waals surface area contributed by atoms with Gasteiger partial charge in [-0.1, -0.05) is 17.7 Å². The zero-order valence-corrected chi connectivity index (χ0v) is 17.4. The highest BCUT2D eigenvalue weighted by Gasteiger charge is 2.11. The number of benzene rings is 3. The average molecular weight is 441 g/mol. The minimum atomic E-state index is -0.644. The molecule has 0 saturated heterocycles. The number of rotatable bonds is 7. The van der Waals surface area contributed by atoms with Gasteiger partial charge in [-0.2, -0.15) is 0 Å². The predicted octanol–water partition coefficient (Wildman–Crippen LogP) is 6.97. The number of pyridine rings is 1. The van der Waals surface area contributed by atoms with Gasteiger partial charge < -0.3 is 14.8 Å². The monoisotopic (exact) mass is 440 g/mol. The van der Waals surface area contributed by atoms with Crippen LogP contribution >= 0.6 is 11.6 Å². The molecule has 0 amide bonds. The third kappa shape index (κ3) is 4.86. The van der Waals surface area contributed by atoms with Gasteiger partial charge in [0.15, 0.2) is 11.5 Å². The highest BCUT2D eigenvalue weighted by atomic mass is 35.5. The van der Waals surface area contributed by atoms with Crippen LogP contribution in [0.4, 0.5) is 14.5 Å². The van der Waals surface area contributed by atoms with E-state index in [2.05, 4.69) is 10.3 Å². The smallest absolute Gasteiger partial charge is 0.169 e. The fourth-order valence-corrected chi connectivity index (χ4v) is 3.31. The molecule has 158 valence electrons. The van der Waals surface area contributed by atoms with Crippen LogP contribution in [-0.4, -0.2) is 11.6 Å². The van der Waals surface area contributed by atoms with E-state index in [4.69, 9.17) is 21.1 Å². The van der Waals surface area contributed by atoms with Crippen LogP contribution in [0.2, 0.25) is 5.02 Å². The predicted molar refractivity (Wildman–Crippen MR) is 118 cm³/mol. The molecule has 0 saturated carbocycles. The van der Waals surface area contributed by atoms with Gasteiger partial charge >= 0.3 is 0 Å². The molecular weight excluding hydrogens is 422 g/mol. The summed E-state index contributed by atoms with van der Waals surface area (Å²) in [7, 11) is 0. The standard InChI is InChI=1S/C24H19ClF2N2O2/c1-2-30-24-11-15(14-29-20-7-5-17(26)13-19(20)27)3-8-23(24)31-22-9-10-28-21-12-16(25)4-6-18(21)22/h3-13,29H,2,14H2,1H3. The SMILES string of the molecule is CCOc1cc(CNc2ccc(F)cc2F)ccc1Oc1ccnc2cc(Cl)ccc12. The number of fused-ring (bicyclic) bond motifs is 1. The number of aromatic nitrogens is 1. The van der Waals surface area contributed by atoms with Crippen LogP contribution in [-0.2, 0) is 6.54 Å². The molecule has 7 heteroatoms. The van der Waals surface area contributed by atoms with Crippen LogP contribution in [0.25, 0.3) is 10.9 Å². The Morgan fingerprint density at radius 1 is 0.935 bits per heavy atom. The van der Waals surface area contributed by atoms with Crippen LogP contribution in [0.15, 0.2) is 66.9 Å². The minimum Gasteiger partial charge on any atom is -0.490 e. The molecule has 0 radical (unpaired) electrons. The fourth-order valence-electron chi connectivity index (χ4n) is 3.15. The summed E-state index contributed by atoms with van der Waals surface area (Å²) in [5.41, 5.74) is 1.80. The molecule has 0 unspecified atom stereocenters. The lowest BCUT2D eigenvalue weighted by molar-refractivity contribution is 0.321. The van der Waals surface area contributed by atoms with Gasteiger partial charge in [-0.05, 0) is 61.0 Å². The molecule has 0 spiro atoms. The largest absolute Gasteiger partial charge is 0.490 e. The molecule has 1 N–H and O–H groups in total. The Kier molecular flexibility index (Phi) is 6.18. The first-order valence-electron chi connectivity index (χ1n) is 9.70. The van der Waals surface area contributed by atoms with Crippen LogP contribution < -0.4 is 14.8 Å². The van der Waals surface area contributed by atoms with Crippen molar-refractivity contribution in [2.45, 2.75) is 13.5 Å². The molecule has 1 heterocycles. The second kappa shape index (κ2) is 9.18. The maximum Gasteiger partial charge on any atom is 0.169 e. The van der Waals surface area contributed by atoms with Crippen LogP contribution in [0.3, 0.4) is 0 Å². The van der Waals surface area contributed by atoms with E-state index >= 15 is 0 Å². The van der Waals surface area contributed by atoms with Gasteiger partial charge in [-0.25, -0.2) is 8.78 Å². The summed E-state index contributed by atoms with van der Waals surface area (Å²) in [6, 6.07) is 16.1. The summed E-state index contributed by atoms with van der Waals surface area (Å²) >= 11 is 6.06. The third-order valence-electron chi connectivity index (χ3n) is 4.61. The molecule has 3 aromatic carbocycles. The molecule has 0 aliphatic heterocycles. The molecule has 4 aromatic rings. The topological polar surface area (TPSA) is 43.4 Å². The fraction of sp³-hybridized carbons (Fsp3) is 0.125. The lowest BCUT2D eigenvalue weighted by atomic mass is 10.1. The maximum absolute atomic E-state index is 13.9. The quantitative estimate of drug-likeness (QED) is 0.337. The highest BCUT2D eigenvalue weighted by molar-refractivity contribution is 6.31. The van der Waals surface area contributed by atoms with Crippen molar-refractivity contribution in [3.63, 3.8) is 0 Å². The molecule has 1 aromatic heterocycles. The average Bonchev–Trinajstić information content (AvgIpc) is 2.75. The van der Waals surface area contributed by atoms with Crippen molar-refractivity contribution in [1.82, 2.24) is 4.98 Å². The Labute approximate surface area is 183 Å². The Morgan fingerprint density at radius 2 is 1.81 bits per heavy atom. The molecule has 0 aliphatic carbocycles. The normalized spacial score (nSPS) is 10.8. The Bertz CT molecular complexity index is 1230. The number of hydrogen-bond donors (Lipinski definition) is 1. The van der Waals surface area contributed by atoms with Crippen molar-refractivity contribution in [2.24, 2.45) is 0 Å². The lowest BCUT2D eigenvalue weighted by Gasteiger charge is -2.15. The Morgan fingerprint density at radius 3 is 2.61 bits per heavy atom. The van der Waals surface area contributed by atoms with Crippen molar-refractivity contribution >= 4 is 28.2 Å². The lowest BCUT2D eigenvalue weighted by Crippen LogP contribution is -2.03. The number of ether oxygens (including phenoxy) is 2. The van der Waals surface area contributed by atoms with E-state index in [9.17, 15) is 8.78 Å². The van der Waals surface area contributed by atoms with Gasteiger partial charge in [0.2, 0.25) is 0 Å². The van der Waals surface area contributed by atoms with Gasteiger partial charge in [0.25, 0.3) is 0 Å². The summed E-state index contributed by atoms with van der Waals surface area (Å²) in [5, 5.41) is 4.39.